The standard InChI is InChI=1S/C18H16BrNO5/c1-12-6-7-14(8-15(12)19)20-17(22)10-25-18(23)11-24-16-5-3-2-4-13(16)9-21/h2-9H,10-11H2,1H3,(H,20,22). The second-order valence-corrected chi connectivity index (χ2v) is 5.97. The normalized spacial score (nSPS) is 10.0. The lowest BCUT2D eigenvalue weighted by molar-refractivity contribution is -0.149. The Hall–Kier alpha value is -2.67. The smallest absolute Gasteiger partial charge is 0.344 e. The van der Waals surface area contributed by atoms with E-state index in [1.165, 1.54) is 0 Å². The molecule has 130 valence electrons. The van der Waals surface area contributed by atoms with Crippen molar-refractivity contribution in [2.75, 3.05) is 18.5 Å². The number of hydrogen-bond donors (Lipinski definition) is 1. The molecule has 0 aliphatic carbocycles. The molecule has 0 bridgehead atoms. The summed E-state index contributed by atoms with van der Waals surface area (Å²) in [4.78, 5) is 34.3. The Labute approximate surface area is 153 Å². The number of anilines is 1. The average Bonchev–Trinajstić information content (AvgIpc) is 2.61. The molecule has 2 aromatic carbocycles. The number of aldehydes is 1. The van der Waals surface area contributed by atoms with E-state index in [0.29, 0.717) is 17.5 Å². The van der Waals surface area contributed by atoms with Crippen molar-refractivity contribution in [1.82, 2.24) is 0 Å². The van der Waals surface area contributed by atoms with Crippen molar-refractivity contribution >= 4 is 39.8 Å². The molecule has 1 N–H and O–H groups in total. The molecular weight excluding hydrogens is 390 g/mol. The van der Waals surface area contributed by atoms with Crippen LogP contribution in [0.5, 0.6) is 5.75 Å². The predicted octanol–water partition coefficient (Wildman–Crippen LogP) is 3.13. The Balaban J connectivity index is 1.78. The van der Waals surface area contributed by atoms with Crippen molar-refractivity contribution in [2.45, 2.75) is 6.92 Å². The van der Waals surface area contributed by atoms with E-state index in [1.807, 2.05) is 13.0 Å². The van der Waals surface area contributed by atoms with Crippen LogP contribution in [0.3, 0.4) is 0 Å². The van der Waals surface area contributed by atoms with Crippen LogP contribution in [0.2, 0.25) is 0 Å². The zero-order valence-electron chi connectivity index (χ0n) is 13.5. The van der Waals surface area contributed by atoms with E-state index < -0.39 is 25.1 Å². The number of nitrogens with one attached hydrogen (secondary N) is 1. The highest BCUT2D eigenvalue weighted by atomic mass is 79.9. The summed E-state index contributed by atoms with van der Waals surface area (Å²) in [6, 6.07) is 11.9. The fourth-order valence-corrected chi connectivity index (χ4v) is 2.28. The molecule has 0 aromatic heterocycles. The zero-order valence-corrected chi connectivity index (χ0v) is 15.0. The summed E-state index contributed by atoms with van der Waals surface area (Å²) in [6.45, 7) is 1.11. The highest BCUT2D eigenvalue weighted by molar-refractivity contribution is 9.10. The number of ether oxygens (including phenoxy) is 2. The van der Waals surface area contributed by atoms with Crippen LogP contribution in [-0.4, -0.2) is 31.4 Å². The van der Waals surface area contributed by atoms with Crippen LogP contribution in [0, 0.1) is 6.92 Å². The second-order valence-electron chi connectivity index (χ2n) is 5.12. The van der Waals surface area contributed by atoms with Crippen molar-refractivity contribution in [3.05, 3.63) is 58.1 Å². The number of halogens is 1. The second kappa shape index (κ2) is 8.98. The van der Waals surface area contributed by atoms with Crippen LogP contribution in [0.25, 0.3) is 0 Å². The van der Waals surface area contributed by atoms with E-state index in [4.69, 9.17) is 9.47 Å². The fourth-order valence-electron chi connectivity index (χ4n) is 1.90. The fraction of sp³-hybridized carbons (Fsp3) is 0.167. The van der Waals surface area contributed by atoms with E-state index in [1.54, 1.807) is 36.4 Å². The molecule has 2 aromatic rings. The largest absolute Gasteiger partial charge is 0.481 e. The van der Waals surface area contributed by atoms with Crippen LogP contribution in [0.15, 0.2) is 46.9 Å². The van der Waals surface area contributed by atoms with Gasteiger partial charge >= 0.3 is 5.97 Å². The number of esters is 1. The first-order valence-corrected chi connectivity index (χ1v) is 8.17. The van der Waals surface area contributed by atoms with Gasteiger partial charge in [-0.3, -0.25) is 9.59 Å². The first-order chi connectivity index (χ1) is 12.0. The third-order valence-electron chi connectivity index (χ3n) is 3.21. The van der Waals surface area contributed by atoms with Gasteiger partial charge in [-0.25, -0.2) is 4.79 Å². The average molecular weight is 406 g/mol. The zero-order chi connectivity index (χ0) is 18.2. The van der Waals surface area contributed by atoms with Crippen molar-refractivity contribution < 1.29 is 23.9 Å². The third kappa shape index (κ3) is 5.72. The lowest BCUT2D eigenvalue weighted by Crippen LogP contribution is -2.23. The molecule has 2 rings (SSSR count). The molecule has 0 aliphatic heterocycles. The molecule has 0 heterocycles. The quantitative estimate of drug-likeness (QED) is 0.565. The van der Waals surface area contributed by atoms with Crippen LogP contribution in [0.1, 0.15) is 15.9 Å². The molecule has 0 saturated heterocycles. The predicted molar refractivity (Wildman–Crippen MR) is 95.8 cm³/mol. The summed E-state index contributed by atoms with van der Waals surface area (Å²) in [6.07, 6.45) is 0.633. The summed E-state index contributed by atoms with van der Waals surface area (Å²) >= 11 is 3.37. The molecule has 1 amide bonds. The molecule has 0 atom stereocenters. The van der Waals surface area contributed by atoms with Crippen molar-refractivity contribution in [3.63, 3.8) is 0 Å². The van der Waals surface area contributed by atoms with Crippen LogP contribution >= 0.6 is 15.9 Å². The summed E-state index contributed by atoms with van der Waals surface area (Å²) in [5.41, 5.74) is 1.96. The molecule has 7 heteroatoms. The molecule has 0 saturated carbocycles. The highest BCUT2D eigenvalue weighted by Crippen LogP contribution is 2.20. The molecule has 0 radical (unpaired) electrons. The first kappa shape index (κ1) is 18.7. The monoisotopic (exact) mass is 405 g/mol. The van der Waals surface area contributed by atoms with Gasteiger partial charge in [0.05, 0.1) is 5.56 Å². The molecule has 0 unspecified atom stereocenters. The molecule has 0 spiro atoms. The van der Waals surface area contributed by atoms with Crippen LogP contribution in [-0.2, 0) is 14.3 Å². The summed E-state index contributed by atoms with van der Waals surface area (Å²) in [5, 5.41) is 2.62. The van der Waals surface area contributed by atoms with Gasteiger partial charge in [0.25, 0.3) is 5.91 Å². The summed E-state index contributed by atoms with van der Waals surface area (Å²) in [7, 11) is 0. The first-order valence-electron chi connectivity index (χ1n) is 7.38. The van der Waals surface area contributed by atoms with Gasteiger partial charge in [-0.15, -0.1) is 0 Å². The molecule has 25 heavy (non-hydrogen) atoms. The van der Waals surface area contributed by atoms with E-state index >= 15 is 0 Å². The van der Waals surface area contributed by atoms with Gasteiger partial charge in [0.1, 0.15) is 5.75 Å². The number of benzene rings is 2. The Morgan fingerprint density at radius 3 is 2.64 bits per heavy atom. The molecular formula is C18H16BrNO5. The number of hydrogen-bond acceptors (Lipinski definition) is 5. The molecule has 0 aliphatic rings. The number of carbonyl (C=O) groups is 3. The lowest BCUT2D eigenvalue weighted by Gasteiger charge is -2.09. The number of amides is 1. The lowest BCUT2D eigenvalue weighted by atomic mass is 10.2. The maximum absolute atomic E-state index is 11.8. The van der Waals surface area contributed by atoms with Gasteiger partial charge in [0.2, 0.25) is 0 Å². The summed E-state index contributed by atoms with van der Waals surface area (Å²) in [5.74, 6) is -0.887. The van der Waals surface area contributed by atoms with Crippen molar-refractivity contribution in [1.29, 1.82) is 0 Å². The Morgan fingerprint density at radius 2 is 1.92 bits per heavy atom. The minimum Gasteiger partial charge on any atom is -0.481 e. The number of rotatable bonds is 7. The minimum absolute atomic E-state index is 0.281. The van der Waals surface area contributed by atoms with Gasteiger partial charge < -0.3 is 14.8 Å². The Kier molecular flexibility index (Phi) is 6.71. The highest BCUT2D eigenvalue weighted by Gasteiger charge is 2.10. The maximum atomic E-state index is 11.8. The van der Waals surface area contributed by atoms with Crippen molar-refractivity contribution in [2.24, 2.45) is 0 Å². The Bertz CT molecular complexity index is 791. The topological polar surface area (TPSA) is 81.7 Å². The van der Waals surface area contributed by atoms with E-state index in [0.717, 1.165) is 10.0 Å². The SMILES string of the molecule is Cc1ccc(NC(=O)COC(=O)COc2ccccc2C=O)cc1Br. The van der Waals surface area contributed by atoms with Crippen LogP contribution in [0.4, 0.5) is 5.69 Å². The molecule has 0 fully saturated rings. The Morgan fingerprint density at radius 1 is 1.16 bits per heavy atom. The summed E-state index contributed by atoms with van der Waals surface area (Å²) < 4.78 is 10.9. The van der Waals surface area contributed by atoms with Gasteiger partial charge in [0, 0.05) is 10.2 Å². The number of aryl methyl sites for hydroxylation is 1. The van der Waals surface area contributed by atoms with Crippen LogP contribution < -0.4 is 10.1 Å². The minimum atomic E-state index is -0.707. The van der Waals surface area contributed by atoms with Gasteiger partial charge in [0.15, 0.2) is 19.5 Å². The van der Waals surface area contributed by atoms with Gasteiger partial charge in [-0.05, 0) is 36.8 Å². The number of carbonyl (C=O) groups excluding carboxylic acids is 3. The van der Waals surface area contributed by atoms with Gasteiger partial charge in [-0.2, -0.15) is 0 Å². The van der Waals surface area contributed by atoms with Gasteiger partial charge in [-0.1, -0.05) is 34.1 Å². The maximum Gasteiger partial charge on any atom is 0.344 e. The number of para-hydroxylation sites is 1. The van der Waals surface area contributed by atoms with E-state index in [-0.39, 0.29) is 5.75 Å². The third-order valence-corrected chi connectivity index (χ3v) is 4.07. The van der Waals surface area contributed by atoms with E-state index in [9.17, 15) is 14.4 Å². The van der Waals surface area contributed by atoms with E-state index in [2.05, 4.69) is 21.2 Å². The van der Waals surface area contributed by atoms with Crippen molar-refractivity contribution in [3.8, 4) is 5.75 Å². The molecule has 6 nitrogen and oxygen atoms in total.